The highest BCUT2D eigenvalue weighted by Crippen LogP contribution is 2.44. The molecule has 1 aliphatic heterocycles. The summed E-state index contributed by atoms with van der Waals surface area (Å²) in [5.41, 5.74) is 4.86. The molecule has 1 saturated heterocycles. The van der Waals surface area contributed by atoms with Crippen LogP contribution in [-0.4, -0.2) is 43.9 Å². The predicted octanol–water partition coefficient (Wildman–Crippen LogP) is 6.50. The van der Waals surface area contributed by atoms with E-state index in [2.05, 4.69) is 29.6 Å². The maximum atomic E-state index is 14.5. The van der Waals surface area contributed by atoms with Crippen molar-refractivity contribution in [2.75, 3.05) is 13.2 Å². The molecule has 0 radical (unpaired) electrons. The fourth-order valence-corrected chi connectivity index (χ4v) is 5.24. The quantitative estimate of drug-likeness (QED) is 0.273. The van der Waals surface area contributed by atoms with Crippen molar-refractivity contribution in [2.45, 2.75) is 51.7 Å². The highest BCUT2D eigenvalue weighted by molar-refractivity contribution is 6.56. The van der Waals surface area contributed by atoms with Crippen molar-refractivity contribution < 1.29 is 28.0 Å². The molecule has 2 aliphatic rings. The van der Waals surface area contributed by atoms with Crippen molar-refractivity contribution in [3.63, 3.8) is 0 Å². The molecule has 3 aromatic rings. The largest absolute Gasteiger partial charge is 0.492 e. The molecule has 1 amide bonds. The van der Waals surface area contributed by atoms with Gasteiger partial charge in [-0.05, 0) is 79.5 Å². The molecule has 1 aliphatic carbocycles. The minimum atomic E-state index is -0.818. The number of carbonyl (C=O) groups is 2. The Labute approximate surface area is 234 Å². The van der Waals surface area contributed by atoms with E-state index in [0.717, 1.165) is 22.3 Å². The average Bonchev–Trinajstić information content (AvgIpc) is 3.36. The van der Waals surface area contributed by atoms with Gasteiger partial charge in [0.1, 0.15) is 12.4 Å². The lowest BCUT2D eigenvalue weighted by Gasteiger charge is -2.32. The summed E-state index contributed by atoms with van der Waals surface area (Å²) >= 11 is 0. The van der Waals surface area contributed by atoms with Crippen LogP contribution >= 0.6 is 0 Å². The summed E-state index contributed by atoms with van der Waals surface area (Å²) in [5.74, 6) is -0.689. The zero-order chi connectivity index (χ0) is 28.7. The van der Waals surface area contributed by atoms with Gasteiger partial charge >= 0.3 is 13.2 Å². The second-order valence-electron chi connectivity index (χ2n) is 11.3. The van der Waals surface area contributed by atoms with Crippen molar-refractivity contribution in [1.82, 2.24) is 5.32 Å². The van der Waals surface area contributed by atoms with Gasteiger partial charge in [-0.2, -0.15) is 0 Å². The van der Waals surface area contributed by atoms with E-state index in [-0.39, 0.29) is 24.6 Å². The second-order valence-corrected chi connectivity index (χ2v) is 11.3. The van der Waals surface area contributed by atoms with Crippen LogP contribution in [0.2, 0.25) is 0 Å². The lowest BCUT2D eigenvalue weighted by Crippen LogP contribution is -2.41. The molecule has 1 heterocycles. The minimum absolute atomic E-state index is 0.0156. The Kier molecular flexibility index (Phi) is 7.42. The Hall–Kier alpha value is -3.75. The molecule has 0 spiro atoms. The van der Waals surface area contributed by atoms with Gasteiger partial charge in [0.25, 0.3) is 0 Å². The summed E-state index contributed by atoms with van der Waals surface area (Å²) in [4.78, 5) is 24.7. The van der Waals surface area contributed by atoms with Crippen LogP contribution in [0.1, 0.15) is 66.2 Å². The van der Waals surface area contributed by atoms with Crippen LogP contribution in [0, 0.1) is 12.7 Å². The standard InChI is InChI=1S/C32H33BFNO5/c1-20-14-15-29(34)27(18-36)26(20)16-21(33-39-31(2,3)32(4,5)40-33)17-35-30(37)38-19-28-24-12-8-6-10-22(24)23-11-7-9-13-25(23)28/h6-16,18,28H,17,19H2,1-5H3,(H,35,37). The normalized spacial score (nSPS) is 17.4. The van der Waals surface area contributed by atoms with Crippen molar-refractivity contribution in [3.05, 3.63) is 99.8 Å². The first-order valence-corrected chi connectivity index (χ1v) is 13.4. The number of hydrogen-bond donors (Lipinski definition) is 1. The Bertz CT molecular complexity index is 1440. The fourth-order valence-electron chi connectivity index (χ4n) is 5.24. The van der Waals surface area contributed by atoms with Crippen LogP contribution in [0.4, 0.5) is 9.18 Å². The van der Waals surface area contributed by atoms with Crippen molar-refractivity contribution >= 4 is 25.6 Å². The Morgan fingerprint density at radius 3 is 2.10 bits per heavy atom. The molecule has 0 unspecified atom stereocenters. The summed E-state index contributed by atoms with van der Waals surface area (Å²) in [6.45, 7) is 9.68. The molecule has 40 heavy (non-hydrogen) atoms. The topological polar surface area (TPSA) is 73.9 Å². The number of hydrogen-bond acceptors (Lipinski definition) is 5. The van der Waals surface area contributed by atoms with E-state index >= 15 is 0 Å². The highest BCUT2D eigenvalue weighted by Gasteiger charge is 2.52. The summed E-state index contributed by atoms with van der Waals surface area (Å²) in [7, 11) is -0.818. The van der Waals surface area contributed by atoms with Gasteiger partial charge in [0.15, 0.2) is 6.29 Å². The first-order valence-electron chi connectivity index (χ1n) is 13.4. The molecule has 8 heteroatoms. The number of fused-ring (bicyclic) bond motifs is 3. The lowest BCUT2D eigenvalue weighted by molar-refractivity contribution is 0.00578. The van der Waals surface area contributed by atoms with Crippen molar-refractivity contribution in [1.29, 1.82) is 0 Å². The summed E-state index contributed by atoms with van der Waals surface area (Å²) in [5, 5.41) is 2.81. The number of alkyl carbamates (subject to hydrolysis) is 1. The number of benzene rings is 3. The molecule has 3 aromatic carbocycles. The molecular weight excluding hydrogens is 508 g/mol. The van der Waals surface area contributed by atoms with Gasteiger partial charge in [-0.25, -0.2) is 9.18 Å². The third kappa shape index (κ3) is 5.09. The van der Waals surface area contributed by atoms with E-state index in [4.69, 9.17) is 14.0 Å². The lowest BCUT2D eigenvalue weighted by atomic mass is 9.76. The monoisotopic (exact) mass is 541 g/mol. The number of carbonyl (C=O) groups excluding carboxylic acids is 2. The van der Waals surface area contributed by atoms with Gasteiger partial charge in [-0.3, -0.25) is 4.79 Å². The zero-order valence-electron chi connectivity index (χ0n) is 23.4. The number of nitrogens with one attached hydrogen (secondary N) is 1. The molecule has 6 nitrogen and oxygen atoms in total. The molecule has 0 atom stereocenters. The number of ether oxygens (including phenoxy) is 1. The van der Waals surface area contributed by atoms with E-state index in [1.165, 1.54) is 6.07 Å². The molecule has 1 fully saturated rings. The molecule has 0 saturated carbocycles. The Balaban J connectivity index is 1.36. The first kappa shape index (κ1) is 27.8. The van der Waals surface area contributed by atoms with Gasteiger partial charge in [-0.15, -0.1) is 0 Å². The summed E-state index contributed by atoms with van der Waals surface area (Å²) < 4.78 is 32.6. The molecule has 206 valence electrons. The number of rotatable bonds is 7. The summed E-state index contributed by atoms with van der Waals surface area (Å²) in [6.07, 6.45) is 1.55. The van der Waals surface area contributed by atoms with Gasteiger partial charge < -0.3 is 19.4 Å². The first-order chi connectivity index (χ1) is 19.0. The third-order valence-electron chi connectivity index (χ3n) is 8.24. The van der Waals surface area contributed by atoms with Gasteiger partial charge in [0, 0.05) is 12.5 Å². The maximum Gasteiger partial charge on any atom is 0.492 e. The zero-order valence-corrected chi connectivity index (χ0v) is 23.4. The van der Waals surface area contributed by atoms with Crippen LogP contribution < -0.4 is 5.32 Å². The maximum absolute atomic E-state index is 14.5. The number of halogens is 1. The Morgan fingerprint density at radius 2 is 1.52 bits per heavy atom. The van der Waals surface area contributed by atoms with Gasteiger partial charge in [0.2, 0.25) is 0 Å². The summed E-state index contributed by atoms with van der Waals surface area (Å²) in [6, 6.07) is 19.1. The van der Waals surface area contributed by atoms with E-state index in [1.807, 2.05) is 52.0 Å². The van der Waals surface area contributed by atoms with Gasteiger partial charge in [-0.1, -0.05) is 60.7 Å². The van der Waals surface area contributed by atoms with E-state index in [9.17, 15) is 14.0 Å². The molecule has 0 aromatic heterocycles. The second kappa shape index (κ2) is 10.7. The molecule has 1 N–H and O–H groups in total. The van der Waals surface area contributed by atoms with Crippen molar-refractivity contribution in [2.24, 2.45) is 0 Å². The SMILES string of the molecule is Cc1ccc(F)c(C=O)c1C=C(CNC(=O)OCC1c2ccccc2-c2ccccc21)B1OC(C)(C)C(C)(C)O1. The molecule has 5 rings (SSSR count). The van der Waals surface area contributed by atoms with Gasteiger partial charge in [0.05, 0.1) is 16.8 Å². The van der Waals surface area contributed by atoms with Crippen LogP contribution in [0.25, 0.3) is 17.2 Å². The van der Waals surface area contributed by atoms with E-state index < -0.39 is 30.2 Å². The minimum Gasteiger partial charge on any atom is -0.449 e. The molecule has 0 bridgehead atoms. The van der Waals surface area contributed by atoms with E-state index in [1.54, 1.807) is 19.1 Å². The average molecular weight is 541 g/mol. The van der Waals surface area contributed by atoms with Crippen LogP contribution in [0.3, 0.4) is 0 Å². The van der Waals surface area contributed by atoms with Crippen LogP contribution in [0.5, 0.6) is 0 Å². The molecular formula is C32H33BFNO5. The van der Waals surface area contributed by atoms with Crippen LogP contribution in [-0.2, 0) is 14.0 Å². The number of aldehydes is 1. The van der Waals surface area contributed by atoms with Crippen molar-refractivity contribution in [3.8, 4) is 11.1 Å². The Morgan fingerprint density at radius 1 is 0.950 bits per heavy atom. The number of amides is 1. The smallest absolute Gasteiger partial charge is 0.449 e. The van der Waals surface area contributed by atoms with Crippen LogP contribution in [0.15, 0.2) is 66.1 Å². The fraction of sp³-hybridized carbons (Fsp3) is 0.312. The third-order valence-corrected chi connectivity index (χ3v) is 8.24. The predicted molar refractivity (Wildman–Crippen MR) is 154 cm³/mol. The number of aryl methyl sites for hydroxylation is 1. The highest BCUT2D eigenvalue weighted by atomic mass is 19.1. The van der Waals surface area contributed by atoms with E-state index in [0.29, 0.717) is 22.9 Å².